The van der Waals surface area contributed by atoms with Crippen molar-refractivity contribution in [3.05, 3.63) is 65.0 Å². The second-order valence-corrected chi connectivity index (χ2v) is 18.8. The van der Waals surface area contributed by atoms with Crippen molar-refractivity contribution in [2.45, 2.75) is 65.0 Å². The van der Waals surface area contributed by atoms with E-state index in [1.807, 2.05) is 30.7 Å². The van der Waals surface area contributed by atoms with Gasteiger partial charge in [-0.25, -0.2) is 18.3 Å². The second kappa shape index (κ2) is 12.8. The quantitative estimate of drug-likeness (QED) is 0.144. The molecule has 1 aliphatic heterocycles. The number of benzene rings is 2. The first-order chi connectivity index (χ1) is 21.3. The number of halogens is 2. The van der Waals surface area contributed by atoms with Gasteiger partial charge in [-0.2, -0.15) is 10.1 Å². The molecule has 1 fully saturated rings. The van der Waals surface area contributed by atoms with Crippen molar-refractivity contribution in [1.29, 1.82) is 0 Å². The summed E-state index contributed by atoms with van der Waals surface area (Å²) in [6.45, 7) is 12.2. The Balaban J connectivity index is 1.37. The van der Waals surface area contributed by atoms with Crippen molar-refractivity contribution in [2.24, 2.45) is 16.3 Å². The molecule has 2 aromatic carbocycles. The summed E-state index contributed by atoms with van der Waals surface area (Å²) in [7, 11) is 0.00534. The zero-order valence-electron chi connectivity index (χ0n) is 26.6. The molecular weight excluding hydrogens is 598 g/mol. The van der Waals surface area contributed by atoms with Crippen LogP contribution in [0.4, 0.5) is 19.3 Å². The minimum atomic E-state index is -1.18. The maximum Gasteiger partial charge on any atom is 0.432 e. The minimum Gasteiger partial charge on any atom is -0.493 e. The van der Waals surface area contributed by atoms with Gasteiger partial charge in [0.15, 0.2) is 11.6 Å². The normalized spacial score (nSPS) is 17.6. The summed E-state index contributed by atoms with van der Waals surface area (Å²) in [6, 6.07) is 10.6. The van der Waals surface area contributed by atoms with E-state index in [4.69, 9.17) is 9.47 Å². The Labute approximate surface area is 263 Å². The van der Waals surface area contributed by atoms with Crippen LogP contribution in [0.1, 0.15) is 35.7 Å². The highest BCUT2D eigenvalue weighted by atomic mass is 28.3. The summed E-state index contributed by atoms with van der Waals surface area (Å²) in [5.41, 5.74) is 4.22. The number of amides is 2. The highest BCUT2D eigenvalue weighted by molar-refractivity contribution is 6.76. The van der Waals surface area contributed by atoms with E-state index in [0.29, 0.717) is 24.6 Å². The number of rotatable bonds is 10. The number of carbonyl (C=O) groups is 2. The van der Waals surface area contributed by atoms with E-state index in [-0.39, 0.29) is 12.4 Å². The van der Waals surface area contributed by atoms with E-state index in [1.54, 1.807) is 12.1 Å². The second-order valence-electron chi connectivity index (χ2n) is 13.2. The summed E-state index contributed by atoms with van der Waals surface area (Å²) in [5.74, 6) is -3.91. The lowest BCUT2D eigenvalue weighted by atomic mass is 9.73. The Kier molecular flexibility index (Phi) is 9.27. The average molecular weight is 639 g/mol. The average Bonchev–Trinajstić information content (AvgIpc) is 3.70. The van der Waals surface area contributed by atoms with Crippen LogP contribution in [0.5, 0.6) is 5.75 Å². The van der Waals surface area contributed by atoms with Crippen LogP contribution in [0.15, 0.2) is 41.4 Å². The van der Waals surface area contributed by atoms with Crippen LogP contribution in [0.3, 0.4) is 0 Å². The molecule has 0 bridgehead atoms. The third kappa shape index (κ3) is 7.17. The number of aliphatic imine (C=N–C) groups is 1. The van der Waals surface area contributed by atoms with Gasteiger partial charge in [0, 0.05) is 60.8 Å². The lowest BCUT2D eigenvalue weighted by molar-refractivity contribution is -0.119. The Morgan fingerprint density at radius 3 is 2.51 bits per heavy atom. The smallest absolute Gasteiger partial charge is 0.432 e. The van der Waals surface area contributed by atoms with Crippen LogP contribution < -0.4 is 10.1 Å². The lowest BCUT2D eigenvalue weighted by Gasteiger charge is -2.37. The van der Waals surface area contributed by atoms with Gasteiger partial charge in [-0.05, 0) is 56.5 Å². The third-order valence-corrected chi connectivity index (χ3v) is 10.4. The number of nitrogens with one attached hydrogen (secondary N) is 1. The van der Waals surface area contributed by atoms with Crippen LogP contribution in [0.25, 0.3) is 11.1 Å². The molecule has 2 heterocycles. The van der Waals surface area contributed by atoms with Gasteiger partial charge in [0.05, 0.1) is 25.3 Å². The lowest BCUT2D eigenvalue weighted by Crippen LogP contribution is -2.39. The number of hydrogen-bond donors (Lipinski definition) is 1. The number of aryl methyl sites for hydroxylation is 1. The van der Waals surface area contributed by atoms with Crippen LogP contribution in [-0.4, -0.2) is 56.4 Å². The standard InChI is InChI=1S/C33H40F2N4O5Si/c1-20-29(21(2)39(38-20)19-43-13-14-45(4,5)6)22-7-9-23(10-8-22)37-31(40)25(17-36-32(41)42-3)30-24-15-26(34)27(35)16-28(24)44-18-33(30)11-12-33/h7-10,15-17,25,30H,11-14,18-19H2,1-6H3,(H,37,40). The molecular formula is C33H40F2N4O5Si. The molecule has 240 valence electrons. The van der Waals surface area contributed by atoms with Gasteiger partial charge in [0.1, 0.15) is 12.5 Å². The van der Waals surface area contributed by atoms with Gasteiger partial charge in [0.25, 0.3) is 0 Å². The van der Waals surface area contributed by atoms with Crippen LogP contribution >= 0.6 is 0 Å². The van der Waals surface area contributed by atoms with Gasteiger partial charge < -0.3 is 19.5 Å². The van der Waals surface area contributed by atoms with Crippen LogP contribution in [0, 0.1) is 36.8 Å². The molecule has 1 aromatic heterocycles. The molecule has 9 nitrogen and oxygen atoms in total. The Bertz CT molecular complexity index is 1610. The largest absolute Gasteiger partial charge is 0.493 e. The molecule has 0 radical (unpaired) electrons. The van der Waals surface area contributed by atoms with E-state index in [0.717, 1.165) is 53.5 Å². The third-order valence-electron chi connectivity index (χ3n) is 8.66. The number of anilines is 1. The van der Waals surface area contributed by atoms with Gasteiger partial charge in [-0.15, -0.1) is 0 Å². The van der Waals surface area contributed by atoms with Gasteiger partial charge >= 0.3 is 6.09 Å². The SMILES string of the molecule is COC(=O)N=CC(C(=O)Nc1ccc(-c2c(C)nn(COCC[Si](C)(C)C)c2C)cc1)C1c2cc(F)c(F)cc2OCC12CC2. The zero-order valence-corrected chi connectivity index (χ0v) is 27.6. The Morgan fingerprint density at radius 2 is 1.87 bits per heavy atom. The molecule has 0 saturated heterocycles. The molecule has 45 heavy (non-hydrogen) atoms. The fourth-order valence-electron chi connectivity index (χ4n) is 5.96. The Morgan fingerprint density at radius 1 is 1.18 bits per heavy atom. The van der Waals surface area contributed by atoms with E-state index in [1.165, 1.54) is 13.3 Å². The van der Waals surface area contributed by atoms with E-state index < -0.39 is 49.0 Å². The molecule has 5 rings (SSSR count). The van der Waals surface area contributed by atoms with Gasteiger partial charge in [-0.3, -0.25) is 4.79 Å². The van der Waals surface area contributed by atoms with Crippen molar-refractivity contribution in [3.8, 4) is 16.9 Å². The number of methoxy groups -OCH3 is 1. The summed E-state index contributed by atoms with van der Waals surface area (Å²) < 4.78 is 46.7. The first-order valence-corrected chi connectivity index (χ1v) is 18.8. The molecule has 1 saturated carbocycles. The number of aromatic nitrogens is 2. The fourth-order valence-corrected chi connectivity index (χ4v) is 6.71. The summed E-state index contributed by atoms with van der Waals surface area (Å²) in [6.07, 6.45) is 1.84. The number of nitrogens with zero attached hydrogens (tertiary/aromatic N) is 3. The predicted octanol–water partition coefficient (Wildman–Crippen LogP) is 7.11. The van der Waals surface area contributed by atoms with Crippen LogP contribution in [-0.2, 0) is 21.0 Å². The van der Waals surface area contributed by atoms with E-state index in [9.17, 15) is 18.4 Å². The number of fused-ring (bicyclic) bond motifs is 1. The van der Waals surface area contributed by atoms with Crippen molar-refractivity contribution in [3.63, 3.8) is 0 Å². The number of ether oxygens (including phenoxy) is 3. The first-order valence-electron chi connectivity index (χ1n) is 15.1. The van der Waals surface area contributed by atoms with Crippen molar-refractivity contribution in [1.82, 2.24) is 9.78 Å². The van der Waals surface area contributed by atoms with Gasteiger partial charge in [-0.1, -0.05) is 31.8 Å². The Hall–Kier alpha value is -3.90. The molecule has 1 aliphatic carbocycles. The first kappa shape index (κ1) is 32.5. The fraction of sp³-hybridized carbons (Fsp3) is 0.455. The summed E-state index contributed by atoms with van der Waals surface area (Å²) in [5, 5.41) is 7.61. The zero-order chi connectivity index (χ0) is 32.5. The topological polar surface area (TPSA) is 104 Å². The van der Waals surface area contributed by atoms with Gasteiger partial charge in [0.2, 0.25) is 5.91 Å². The predicted molar refractivity (Wildman–Crippen MR) is 171 cm³/mol. The molecule has 2 aliphatic rings. The molecule has 1 spiro atoms. The highest BCUT2D eigenvalue weighted by Crippen LogP contribution is 2.62. The maximum atomic E-state index is 14.4. The number of hydrogen-bond acceptors (Lipinski definition) is 6. The monoisotopic (exact) mass is 638 g/mol. The summed E-state index contributed by atoms with van der Waals surface area (Å²) >= 11 is 0. The van der Waals surface area contributed by atoms with E-state index >= 15 is 0 Å². The van der Waals surface area contributed by atoms with Crippen molar-refractivity contribution in [2.75, 3.05) is 25.6 Å². The van der Waals surface area contributed by atoms with Crippen molar-refractivity contribution < 1.29 is 32.6 Å². The molecule has 1 N–H and O–H groups in total. The number of carbonyl (C=O) groups excluding carboxylic acids is 2. The molecule has 12 heteroatoms. The van der Waals surface area contributed by atoms with Crippen molar-refractivity contribution >= 4 is 32.0 Å². The minimum absolute atomic E-state index is 0.179. The van der Waals surface area contributed by atoms with Crippen LogP contribution in [0.2, 0.25) is 25.7 Å². The molecule has 2 atom stereocenters. The maximum absolute atomic E-state index is 14.4. The molecule has 2 amide bonds. The molecule has 2 unspecified atom stereocenters. The van der Waals surface area contributed by atoms with E-state index in [2.05, 4.69) is 39.8 Å². The highest BCUT2D eigenvalue weighted by Gasteiger charge is 2.57. The molecule has 3 aromatic rings. The summed E-state index contributed by atoms with van der Waals surface area (Å²) in [4.78, 5) is 29.6.